The van der Waals surface area contributed by atoms with Gasteiger partial charge in [0.1, 0.15) is 0 Å². The number of carbonyl (C=O) groups is 1. The van der Waals surface area contributed by atoms with Crippen molar-refractivity contribution in [1.82, 2.24) is 10.3 Å². The monoisotopic (exact) mass is 357 g/mol. The van der Waals surface area contributed by atoms with Crippen molar-refractivity contribution in [1.29, 1.82) is 0 Å². The normalized spacial score (nSPS) is 30.2. The van der Waals surface area contributed by atoms with E-state index < -0.39 is 0 Å². The van der Waals surface area contributed by atoms with Crippen molar-refractivity contribution in [3.63, 3.8) is 0 Å². The molecule has 2 aromatic rings. The van der Waals surface area contributed by atoms with Crippen LogP contribution in [0.5, 0.6) is 0 Å². The average molecular weight is 358 g/mol. The molecule has 25 heavy (non-hydrogen) atoms. The van der Waals surface area contributed by atoms with Crippen LogP contribution in [0.15, 0.2) is 24.3 Å². The van der Waals surface area contributed by atoms with Crippen molar-refractivity contribution < 1.29 is 4.79 Å². The van der Waals surface area contributed by atoms with Gasteiger partial charge in [0.15, 0.2) is 0 Å². The molecule has 0 spiro atoms. The maximum absolute atomic E-state index is 12.7. The predicted octanol–water partition coefficient (Wildman–Crippen LogP) is 3.50. The van der Waals surface area contributed by atoms with E-state index in [0.717, 1.165) is 29.8 Å². The standard InChI is InChI=1S/C20H27N3OS/c1-12(9-18-23-16-7-2-3-8-17(16)25-18)22-20(24)15-10-13-5-4-6-14(11-15)19(13)21/h2-3,7-8,12-15,19H,4-6,9-11,21H2,1H3,(H,22,24). The van der Waals surface area contributed by atoms with Gasteiger partial charge >= 0.3 is 0 Å². The molecule has 2 saturated carbocycles. The fraction of sp³-hybridized carbons (Fsp3) is 0.600. The SMILES string of the molecule is CC(Cc1nc2ccccc2s1)NC(=O)C1CC2CCCC(C1)C2N. The molecule has 134 valence electrons. The summed E-state index contributed by atoms with van der Waals surface area (Å²) in [4.78, 5) is 17.4. The number of hydrogen-bond donors (Lipinski definition) is 2. The first-order valence-electron chi connectivity index (χ1n) is 9.50. The van der Waals surface area contributed by atoms with E-state index >= 15 is 0 Å². The zero-order chi connectivity index (χ0) is 17.4. The van der Waals surface area contributed by atoms with E-state index in [1.807, 2.05) is 18.2 Å². The van der Waals surface area contributed by atoms with Crippen LogP contribution in [0.25, 0.3) is 10.2 Å². The zero-order valence-corrected chi connectivity index (χ0v) is 15.6. The maximum atomic E-state index is 12.7. The summed E-state index contributed by atoms with van der Waals surface area (Å²) in [5.74, 6) is 1.45. The van der Waals surface area contributed by atoms with Crippen molar-refractivity contribution >= 4 is 27.5 Å². The summed E-state index contributed by atoms with van der Waals surface area (Å²) >= 11 is 1.72. The van der Waals surface area contributed by atoms with Gasteiger partial charge in [-0.15, -0.1) is 11.3 Å². The molecule has 1 aromatic carbocycles. The number of nitrogens with two attached hydrogens (primary N) is 1. The van der Waals surface area contributed by atoms with E-state index in [-0.39, 0.29) is 17.9 Å². The minimum absolute atomic E-state index is 0.114. The summed E-state index contributed by atoms with van der Waals surface area (Å²) in [5.41, 5.74) is 7.40. The molecule has 5 heteroatoms. The van der Waals surface area contributed by atoms with Gasteiger partial charge in [0.2, 0.25) is 5.91 Å². The van der Waals surface area contributed by atoms with Crippen LogP contribution in [0.4, 0.5) is 0 Å². The Balaban J connectivity index is 1.35. The Labute approximate surface area is 153 Å². The molecular formula is C20H27N3OS. The fourth-order valence-corrected chi connectivity index (χ4v) is 5.78. The van der Waals surface area contributed by atoms with Gasteiger partial charge in [-0.2, -0.15) is 0 Å². The van der Waals surface area contributed by atoms with Crippen LogP contribution in [-0.4, -0.2) is 23.0 Å². The van der Waals surface area contributed by atoms with Gasteiger partial charge in [0.25, 0.3) is 0 Å². The quantitative estimate of drug-likeness (QED) is 0.880. The van der Waals surface area contributed by atoms with Gasteiger partial charge in [-0.05, 0) is 56.6 Å². The highest BCUT2D eigenvalue weighted by atomic mass is 32.1. The highest BCUT2D eigenvalue weighted by Gasteiger charge is 2.40. The van der Waals surface area contributed by atoms with E-state index in [1.54, 1.807) is 11.3 Å². The van der Waals surface area contributed by atoms with E-state index in [1.165, 1.54) is 24.0 Å². The van der Waals surface area contributed by atoms with Gasteiger partial charge in [0.05, 0.1) is 15.2 Å². The Morgan fingerprint density at radius 2 is 2.04 bits per heavy atom. The number of para-hydroxylation sites is 1. The molecule has 3 unspecified atom stereocenters. The molecular weight excluding hydrogens is 330 g/mol. The van der Waals surface area contributed by atoms with Gasteiger partial charge < -0.3 is 11.1 Å². The van der Waals surface area contributed by atoms with Crippen molar-refractivity contribution in [2.75, 3.05) is 0 Å². The lowest BCUT2D eigenvalue weighted by atomic mass is 9.65. The predicted molar refractivity (Wildman–Crippen MR) is 102 cm³/mol. The lowest BCUT2D eigenvalue weighted by Gasteiger charge is -2.43. The van der Waals surface area contributed by atoms with Crippen LogP contribution in [0.3, 0.4) is 0 Å². The van der Waals surface area contributed by atoms with Crippen LogP contribution >= 0.6 is 11.3 Å². The summed E-state index contributed by atoms with van der Waals surface area (Å²) < 4.78 is 1.21. The van der Waals surface area contributed by atoms with Crippen LogP contribution in [0.2, 0.25) is 0 Å². The minimum Gasteiger partial charge on any atom is -0.353 e. The topological polar surface area (TPSA) is 68.0 Å². The van der Waals surface area contributed by atoms with Crippen LogP contribution in [-0.2, 0) is 11.2 Å². The summed E-state index contributed by atoms with van der Waals surface area (Å²) in [6, 6.07) is 8.63. The van der Waals surface area contributed by atoms with E-state index in [2.05, 4.69) is 23.3 Å². The molecule has 3 atom stereocenters. The first kappa shape index (κ1) is 17.0. The Kier molecular flexibility index (Phi) is 4.78. The molecule has 1 aromatic heterocycles. The number of carbonyl (C=O) groups excluding carboxylic acids is 1. The molecule has 1 heterocycles. The molecule has 2 aliphatic carbocycles. The molecule has 2 bridgehead atoms. The number of thiazole rings is 1. The van der Waals surface area contributed by atoms with Crippen LogP contribution < -0.4 is 11.1 Å². The molecule has 0 saturated heterocycles. The smallest absolute Gasteiger partial charge is 0.223 e. The Morgan fingerprint density at radius 3 is 2.76 bits per heavy atom. The van der Waals surface area contributed by atoms with Crippen LogP contribution in [0, 0.1) is 17.8 Å². The summed E-state index contributed by atoms with van der Waals surface area (Å²) in [5, 5.41) is 4.33. The van der Waals surface area contributed by atoms with E-state index in [0.29, 0.717) is 17.9 Å². The zero-order valence-electron chi connectivity index (χ0n) is 14.8. The number of rotatable bonds is 4. The summed E-state index contributed by atoms with van der Waals surface area (Å²) in [7, 11) is 0. The number of fused-ring (bicyclic) bond motifs is 3. The summed E-state index contributed by atoms with van der Waals surface area (Å²) in [6.45, 7) is 2.08. The highest BCUT2D eigenvalue weighted by Crippen LogP contribution is 2.41. The average Bonchev–Trinajstić information content (AvgIpc) is 2.96. The van der Waals surface area contributed by atoms with Gasteiger partial charge in [-0.1, -0.05) is 18.6 Å². The second kappa shape index (κ2) is 7.04. The Hall–Kier alpha value is -1.46. The van der Waals surface area contributed by atoms with Gasteiger partial charge in [-0.25, -0.2) is 4.98 Å². The van der Waals surface area contributed by atoms with E-state index in [4.69, 9.17) is 5.73 Å². The van der Waals surface area contributed by atoms with Gasteiger partial charge in [0, 0.05) is 24.4 Å². The largest absolute Gasteiger partial charge is 0.353 e. The Bertz CT molecular complexity index is 711. The number of nitrogens with zero attached hydrogens (tertiary/aromatic N) is 1. The summed E-state index contributed by atoms with van der Waals surface area (Å²) in [6.07, 6.45) is 6.41. The van der Waals surface area contributed by atoms with Crippen molar-refractivity contribution in [2.24, 2.45) is 23.5 Å². The fourth-order valence-electron chi connectivity index (χ4n) is 4.68. The molecule has 2 fully saturated rings. The third-order valence-corrected chi connectivity index (χ3v) is 7.05. The van der Waals surface area contributed by atoms with Crippen molar-refractivity contribution in [3.8, 4) is 0 Å². The highest BCUT2D eigenvalue weighted by molar-refractivity contribution is 7.18. The van der Waals surface area contributed by atoms with Crippen molar-refractivity contribution in [3.05, 3.63) is 29.3 Å². The number of amides is 1. The molecule has 0 radical (unpaired) electrons. The maximum Gasteiger partial charge on any atom is 0.223 e. The molecule has 0 aliphatic heterocycles. The number of nitrogens with one attached hydrogen (secondary N) is 1. The Morgan fingerprint density at radius 1 is 1.32 bits per heavy atom. The molecule has 4 rings (SSSR count). The first-order chi connectivity index (χ1) is 12.1. The second-order valence-electron chi connectivity index (χ2n) is 7.89. The van der Waals surface area contributed by atoms with Gasteiger partial charge in [-0.3, -0.25) is 4.79 Å². The van der Waals surface area contributed by atoms with Crippen LogP contribution in [0.1, 0.15) is 44.0 Å². The first-order valence-corrected chi connectivity index (χ1v) is 10.3. The van der Waals surface area contributed by atoms with E-state index in [9.17, 15) is 4.79 Å². The number of benzene rings is 1. The second-order valence-corrected chi connectivity index (χ2v) is 9.00. The number of hydrogen-bond acceptors (Lipinski definition) is 4. The number of aromatic nitrogens is 1. The molecule has 2 aliphatic rings. The third kappa shape index (κ3) is 3.58. The lowest BCUT2D eigenvalue weighted by molar-refractivity contribution is -0.128. The molecule has 1 amide bonds. The lowest BCUT2D eigenvalue weighted by Crippen LogP contribution is -2.50. The molecule has 4 nitrogen and oxygen atoms in total. The molecule has 3 N–H and O–H groups in total. The third-order valence-electron chi connectivity index (χ3n) is 5.99. The minimum atomic E-state index is 0.114. The van der Waals surface area contributed by atoms with Crippen molar-refractivity contribution in [2.45, 2.75) is 57.5 Å².